The van der Waals surface area contributed by atoms with Crippen LogP contribution in [0.2, 0.25) is 0 Å². The molecule has 0 amide bonds. The summed E-state index contributed by atoms with van der Waals surface area (Å²) in [4.78, 5) is 0. The lowest BCUT2D eigenvalue weighted by atomic mass is 9.77. The highest BCUT2D eigenvalue weighted by molar-refractivity contribution is 6.20. The molecular formula is C10H19ClO. The molecule has 0 aromatic carbocycles. The van der Waals surface area contributed by atoms with Crippen LogP contribution >= 0.6 is 11.6 Å². The Balaban J connectivity index is 2.48. The van der Waals surface area contributed by atoms with Gasteiger partial charge in [0.1, 0.15) is 0 Å². The van der Waals surface area contributed by atoms with E-state index in [2.05, 4.69) is 13.8 Å². The fraction of sp³-hybridized carbons (Fsp3) is 1.00. The molecule has 1 saturated carbocycles. The van der Waals surface area contributed by atoms with Gasteiger partial charge in [0, 0.05) is 19.1 Å². The lowest BCUT2D eigenvalue weighted by Gasteiger charge is -2.30. The molecule has 3 atom stereocenters. The monoisotopic (exact) mass is 190 g/mol. The van der Waals surface area contributed by atoms with Crippen molar-refractivity contribution in [3.8, 4) is 0 Å². The summed E-state index contributed by atoms with van der Waals surface area (Å²) in [6.45, 7) is 5.46. The molecule has 1 rings (SSSR count). The maximum absolute atomic E-state index is 6.10. The van der Waals surface area contributed by atoms with Gasteiger partial charge in [-0.3, -0.25) is 0 Å². The van der Waals surface area contributed by atoms with E-state index in [1.54, 1.807) is 7.11 Å². The molecular weight excluding hydrogens is 172 g/mol. The van der Waals surface area contributed by atoms with Crippen LogP contribution in [0.25, 0.3) is 0 Å². The fourth-order valence-corrected chi connectivity index (χ4v) is 2.56. The number of ether oxygens (including phenoxy) is 1. The van der Waals surface area contributed by atoms with Crippen molar-refractivity contribution < 1.29 is 4.74 Å². The van der Waals surface area contributed by atoms with Gasteiger partial charge in [-0.05, 0) is 30.6 Å². The summed E-state index contributed by atoms with van der Waals surface area (Å²) in [6, 6.07) is 0. The normalized spacial score (nSPS) is 38.5. The minimum Gasteiger partial charge on any atom is -0.384 e. The standard InChI is InChI=1S/C10H19ClO/c1-8(7-12-3)10(2)5-4-9(11)6-10/h8-9H,4-7H2,1-3H3. The summed E-state index contributed by atoms with van der Waals surface area (Å²) in [5, 5.41) is 0.398. The predicted octanol–water partition coefficient (Wildman–Crippen LogP) is 3.07. The summed E-state index contributed by atoms with van der Waals surface area (Å²) in [5.41, 5.74) is 0.419. The topological polar surface area (TPSA) is 9.23 Å². The zero-order chi connectivity index (χ0) is 9.19. The van der Waals surface area contributed by atoms with Crippen LogP contribution in [0.1, 0.15) is 33.1 Å². The van der Waals surface area contributed by atoms with Crippen LogP contribution < -0.4 is 0 Å². The summed E-state index contributed by atoms with van der Waals surface area (Å²) in [6.07, 6.45) is 3.58. The molecule has 72 valence electrons. The van der Waals surface area contributed by atoms with Gasteiger partial charge in [-0.15, -0.1) is 11.6 Å². The molecule has 0 spiro atoms. The number of halogens is 1. The summed E-state index contributed by atoms with van der Waals surface area (Å²) in [7, 11) is 1.77. The van der Waals surface area contributed by atoms with E-state index in [1.165, 1.54) is 12.8 Å². The molecule has 0 bridgehead atoms. The van der Waals surface area contributed by atoms with Crippen LogP contribution in [0, 0.1) is 11.3 Å². The third-order valence-electron chi connectivity index (χ3n) is 3.32. The maximum Gasteiger partial charge on any atom is 0.0493 e. The first-order valence-corrected chi connectivity index (χ1v) is 5.15. The first-order valence-electron chi connectivity index (χ1n) is 4.71. The van der Waals surface area contributed by atoms with Gasteiger partial charge in [-0.25, -0.2) is 0 Å². The highest BCUT2D eigenvalue weighted by atomic mass is 35.5. The van der Waals surface area contributed by atoms with Crippen LogP contribution in [0.3, 0.4) is 0 Å². The van der Waals surface area contributed by atoms with Gasteiger partial charge in [0.05, 0.1) is 0 Å². The van der Waals surface area contributed by atoms with Crippen molar-refractivity contribution in [2.24, 2.45) is 11.3 Å². The predicted molar refractivity (Wildman–Crippen MR) is 52.6 cm³/mol. The molecule has 1 aliphatic carbocycles. The van der Waals surface area contributed by atoms with E-state index in [-0.39, 0.29) is 0 Å². The number of hydrogen-bond acceptors (Lipinski definition) is 1. The smallest absolute Gasteiger partial charge is 0.0493 e. The number of methoxy groups -OCH3 is 1. The number of alkyl halides is 1. The maximum atomic E-state index is 6.10. The lowest BCUT2D eigenvalue weighted by Crippen LogP contribution is -2.25. The zero-order valence-corrected chi connectivity index (χ0v) is 9.03. The summed E-state index contributed by atoms with van der Waals surface area (Å²) in [5.74, 6) is 0.631. The van der Waals surface area contributed by atoms with Crippen molar-refractivity contribution in [2.45, 2.75) is 38.5 Å². The molecule has 0 aliphatic heterocycles. The average molecular weight is 191 g/mol. The van der Waals surface area contributed by atoms with E-state index in [4.69, 9.17) is 16.3 Å². The van der Waals surface area contributed by atoms with Gasteiger partial charge in [0.15, 0.2) is 0 Å². The van der Waals surface area contributed by atoms with Crippen molar-refractivity contribution in [2.75, 3.05) is 13.7 Å². The molecule has 0 heterocycles. The van der Waals surface area contributed by atoms with Crippen molar-refractivity contribution >= 4 is 11.6 Å². The van der Waals surface area contributed by atoms with Gasteiger partial charge >= 0.3 is 0 Å². The Kier molecular flexibility index (Phi) is 3.42. The Labute approximate surface area is 80.4 Å². The highest BCUT2D eigenvalue weighted by Gasteiger charge is 2.38. The first-order chi connectivity index (χ1) is 5.58. The van der Waals surface area contributed by atoms with E-state index in [0.717, 1.165) is 13.0 Å². The summed E-state index contributed by atoms with van der Waals surface area (Å²) >= 11 is 6.10. The second-order valence-electron chi connectivity index (χ2n) is 4.35. The molecule has 3 unspecified atom stereocenters. The highest BCUT2D eigenvalue weighted by Crippen LogP contribution is 2.45. The molecule has 0 N–H and O–H groups in total. The average Bonchev–Trinajstić information content (AvgIpc) is 2.33. The van der Waals surface area contributed by atoms with Crippen LogP contribution in [-0.4, -0.2) is 19.1 Å². The Morgan fingerprint density at radius 1 is 1.67 bits per heavy atom. The second-order valence-corrected chi connectivity index (χ2v) is 4.97. The Morgan fingerprint density at radius 2 is 2.33 bits per heavy atom. The van der Waals surface area contributed by atoms with Gasteiger partial charge in [0.2, 0.25) is 0 Å². The van der Waals surface area contributed by atoms with Crippen LogP contribution in [-0.2, 0) is 4.74 Å². The molecule has 1 nitrogen and oxygen atoms in total. The van der Waals surface area contributed by atoms with Crippen molar-refractivity contribution in [1.82, 2.24) is 0 Å². The van der Waals surface area contributed by atoms with E-state index in [9.17, 15) is 0 Å². The van der Waals surface area contributed by atoms with E-state index in [0.29, 0.717) is 16.7 Å². The molecule has 0 radical (unpaired) electrons. The minimum atomic E-state index is 0.398. The van der Waals surface area contributed by atoms with E-state index >= 15 is 0 Å². The van der Waals surface area contributed by atoms with Gasteiger partial charge in [0.25, 0.3) is 0 Å². The van der Waals surface area contributed by atoms with Gasteiger partial charge < -0.3 is 4.74 Å². The van der Waals surface area contributed by atoms with Crippen LogP contribution in [0.4, 0.5) is 0 Å². The minimum absolute atomic E-state index is 0.398. The first kappa shape index (κ1) is 10.3. The quantitative estimate of drug-likeness (QED) is 0.622. The largest absolute Gasteiger partial charge is 0.384 e. The van der Waals surface area contributed by atoms with Crippen molar-refractivity contribution in [3.05, 3.63) is 0 Å². The Morgan fingerprint density at radius 3 is 2.75 bits per heavy atom. The molecule has 0 saturated heterocycles. The van der Waals surface area contributed by atoms with E-state index in [1.807, 2.05) is 0 Å². The number of hydrogen-bond donors (Lipinski definition) is 0. The third kappa shape index (κ3) is 2.14. The Bertz CT molecular complexity index is 149. The molecule has 0 aromatic heterocycles. The molecule has 1 aliphatic rings. The van der Waals surface area contributed by atoms with E-state index < -0.39 is 0 Å². The van der Waals surface area contributed by atoms with Crippen molar-refractivity contribution in [1.29, 1.82) is 0 Å². The molecule has 0 aromatic rings. The fourth-order valence-electron chi connectivity index (χ4n) is 2.10. The SMILES string of the molecule is COCC(C)C1(C)CCC(Cl)C1. The molecule has 12 heavy (non-hydrogen) atoms. The van der Waals surface area contributed by atoms with Gasteiger partial charge in [-0.2, -0.15) is 0 Å². The zero-order valence-electron chi connectivity index (χ0n) is 8.27. The second kappa shape index (κ2) is 3.97. The van der Waals surface area contributed by atoms with Crippen molar-refractivity contribution in [3.63, 3.8) is 0 Å². The summed E-state index contributed by atoms with van der Waals surface area (Å²) < 4.78 is 5.17. The van der Waals surface area contributed by atoms with Crippen LogP contribution in [0.15, 0.2) is 0 Å². The molecule has 1 fully saturated rings. The lowest BCUT2D eigenvalue weighted by molar-refractivity contribution is 0.0849. The van der Waals surface area contributed by atoms with Crippen LogP contribution in [0.5, 0.6) is 0 Å². The Hall–Kier alpha value is 0.250. The molecule has 2 heteroatoms. The number of rotatable bonds is 3. The third-order valence-corrected chi connectivity index (χ3v) is 3.70. The van der Waals surface area contributed by atoms with Gasteiger partial charge in [-0.1, -0.05) is 13.8 Å².